The van der Waals surface area contributed by atoms with E-state index in [1.54, 1.807) is 12.1 Å². The molecule has 0 atom stereocenters. The molecule has 3 rings (SSSR count). The van der Waals surface area contributed by atoms with Crippen molar-refractivity contribution < 1.29 is 14.3 Å². The minimum Gasteiger partial charge on any atom is -0.377 e. The van der Waals surface area contributed by atoms with Gasteiger partial charge in [-0.2, -0.15) is 0 Å². The van der Waals surface area contributed by atoms with Crippen LogP contribution in [0.3, 0.4) is 0 Å². The van der Waals surface area contributed by atoms with Gasteiger partial charge in [0.05, 0.1) is 10.6 Å². The Hall–Kier alpha value is -2.57. The van der Waals surface area contributed by atoms with Crippen molar-refractivity contribution in [1.29, 1.82) is 0 Å². The highest BCUT2D eigenvalue weighted by Crippen LogP contribution is 2.32. The molecule has 0 bridgehead atoms. The van der Waals surface area contributed by atoms with Crippen molar-refractivity contribution in [2.75, 3.05) is 44.6 Å². The van der Waals surface area contributed by atoms with Crippen molar-refractivity contribution in [3.05, 3.63) is 58.6 Å². The van der Waals surface area contributed by atoms with Gasteiger partial charge in [0.2, 0.25) is 5.91 Å². The molecule has 1 fully saturated rings. The fourth-order valence-corrected chi connectivity index (χ4v) is 3.61. The second-order valence-corrected chi connectivity index (χ2v) is 8.24. The fourth-order valence-electron chi connectivity index (χ4n) is 3.40. The first-order valence-electron chi connectivity index (χ1n) is 10.0. The Balaban J connectivity index is 1.89. The third-order valence-electron chi connectivity index (χ3n) is 5.05. The Morgan fingerprint density at radius 1 is 1.17 bits per heavy atom. The lowest BCUT2D eigenvalue weighted by Crippen LogP contribution is -2.33. The van der Waals surface area contributed by atoms with Gasteiger partial charge in [-0.15, -0.1) is 0 Å². The molecule has 1 aliphatic carbocycles. The number of nitrogens with zero attached hydrogens (tertiary/aromatic N) is 2. The van der Waals surface area contributed by atoms with Crippen LogP contribution in [0.1, 0.15) is 28.8 Å². The molecule has 0 saturated heterocycles. The van der Waals surface area contributed by atoms with Gasteiger partial charge in [-0.25, -0.2) is 0 Å². The highest BCUT2D eigenvalue weighted by molar-refractivity contribution is 6.33. The van der Waals surface area contributed by atoms with Crippen LogP contribution < -0.4 is 10.2 Å². The van der Waals surface area contributed by atoms with Gasteiger partial charge in [0.25, 0.3) is 5.91 Å². The number of benzene rings is 2. The van der Waals surface area contributed by atoms with E-state index in [-0.39, 0.29) is 18.4 Å². The molecule has 1 aliphatic rings. The van der Waals surface area contributed by atoms with Crippen molar-refractivity contribution in [2.24, 2.45) is 5.92 Å². The van der Waals surface area contributed by atoms with E-state index in [2.05, 4.69) is 5.32 Å². The van der Waals surface area contributed by atoms with Gasteiger partial charge in [0.15, 0.2) is 0 Å². The molecule has 0 unspecified atom stereocenters. The smallest absolute Gasteiger partial charge is 0.255 e. The van der Waals surface area contributed by atoms with E-state index in [4.69, 9.17) is 16.3 Å². The van der Waals surface area contributed by atoms with E-state index >= 15 is 0 Å². The summed E-state index contributed by atoms with van der Waals surface area (Å²) in [6.07, 6.45) is 2.28. The van der Waals surface area contributed by atoms with E-state index in [1.165, 1.54) is 7.11 Å². The van der Waals surface area contributed by atoms with Gasteiger partial charge in [-0.3, -0.25) is 9.59 Å². The van der Waals surface area contributed by atoms with Gasteiger partial charge < -0.3 is 19.9 Å². The molecule has 2 amide bonds. The maximum Gasteiger partial charge on any atom is 0.255 e. The fraction of sp³-hybridized carbons (Fsp3) is 0.391. The Labute approximate surface area is 182 Å². The molecule has 7 heteroatoms. The summed E-state index contributed by atoms with van der Waals surface area (Å²) in [7, 11) is 5.41. The van der Waals surface area contributed by atoms with Crippen LogP contribution in [0, 0.1) is 5.92 Å². The van der Waals surface area contributed by atoms with Gasteiger partial charge in [-0.1, -0.05) is 23.7 Å². The van der Waals surface area contributed by atoms with Gasteiger partial charge in [-0.05, 0) is 54.7 Å². The summed E-state index contributed by atoms with van der Waals surface area (Å²) in [5.41, 5.74) is 3.13. The SMILES string of the molecule is COCC(=O)Nc1ccc(N(C)C)c(CN(CC2CC2)C(=O)c2ccccc2Cl)c1. The monoisotopic (exact) mass is 429 g/mol. The Morgan fingerprint density at radius 3 is 2.53 bits per heavy atom. The van der Waals surface area contributed by atoms with Crippen LogP contribution in [-0.4, -0.2) is 51.1 Å². The minimum absolute atomic E-state index is 0.0104. The predicted molar refractivity (Wildman–Crippen MR) is 120 cm³/mol. The van der Waals surface area contributed by atoms with Gasteiger partial charge in [0, 0.05) is 45.7 Å². The third kappa shape index (κ3) is 5.74. The lowest BCUT2D eigenvalue weighted by Gasteiger charge is -2.27. The molecular weight excluding hydrogens is 402 g/mol. The van der Waals surface area contributed by atoms with E-state index in [1.807, 2.05) is 54.2 Å². The second kappa shape index (κ2) is 9.96. The van der Waals surface area contributed by atoms with Crippen molar-refractivity contribution in [2.45, 2.75) is 19.4 Å². The first-order valence-corrected chi connectivity index (χ1v) is 10.4. The van der Waals surface area contributed by atoms with Crippen molar-refractivity contribution in [1.82, 2.24) is 4.90 Å². The van der Waals surface area contributed by atoms with Crippen LogP contribution >= 0.6 is 11.6 Å². The summed E-state index contributed by atoms with van der Waals surface area (Å²) in [6.45, 7) is 1.11. The number of rotatable bonds is 9. The molecule has 1 saturated carbocycles. The third-order valence-corrected chi connectivity index (χ3v) is 5.38. The number of carbonyl (C=O) groups is 2. The minimum atomic E-state index is -0.219. The quantitative estimate of drug-likeness (QED) is 0.653. The van der Waals surface area contributed by atoms with Crippen molar-refractivity contribution in [3.8, 4) is 0 Å². The molecule has 2 aromatic carbocycles. The molecule has 2 aromatic rings. The lowest BCUT2D eigenvalue weighted by atomic mass is 10.1. The summed E-state index contributed by atoms with van der Waals surface area (Å²) in [5, 5.41) is 3.29. The molecule has 0 spiro atoms. The van der Waals surface area contributed by atoms with Crippen LogP contribution in [0.25, 0.3) is 0 Å². The Morgan fingerprint density at radius 2 is 1.90 bits per heavy atom. The standard InChI is InChI=1S/C23H28ClN3O3/c1-26(2)21-11-10-18(25-22(28)15-30-3)12-17(21)14-27(13-16-8-9-16)23(29)19-6-4-5-7-20(19)24/h4-7,10-12,16H,8-9,13-15H2,1-3H3,(H,25,28). The molecule has 30 heavy (non-hydrogen) atoms. The van der Waals surface area contributed by atoms with E-state index < -0.39 is 0 Å². The summed E-state index contributed by atoms with van der Waals surface area (Å²) < 4.78 is 4.89. The molecule has 0 radical (unpaired) electrons. The normalized spacial score (nSPS) is 13.1. The number of nitrogens with one attached hydrogen (secondary N) is 1. The zero-order chi connectivity index (χ0) is 21.7. The maximum absolute atomic E-state index is 13.3. The number of hydrogen-bond donors (Lipinski definition) is 1. The zero-order valence-corrected chi connectivity index (χ0v) is 18.4. The summed E-state index contributed by atoms with van der Waals surface area (Å²) in [4.78, 5) is 29.1. The zero-order valence-electron chi connectivity index (χ0n) is 17.7. The number of amides is 2. The van der Waals surface area contributed by atoms with E-state index in [0.29, 0.717) is 35.3 Å². The van der Waals surface area contributed by atoms with Gasteiger partial charge >= 0.3 is 0 Å². The van der Waals surface area contributed by atoms with Crippen molar-refractivity contribution >= 4 is 34.8 Å². The lowest BCUT2D eigenvalue weighted by molar-refractivity contribution is -0.119. The highest BCUT2D eigenvalue weighted by Gasteiger charge is 2.28. The van der Waals surface area contributed by atoms with Crippen LogP contribution in [0.4, 0.5) is 11.4 Å². The average Bonchev–Trinajstić information content (AvgIpc) is 3.51. The molecule has 0 aliphatic heterocycles. The van der Waals surface area contributed by atoms with Crippen molar-refractivity contribution in [3.63, 3.8) is 0 Å². The van der Waals surface area contributed by atoms with E-state index in [0.717, 1.165) is 24.1 Å². The average molecular weight is 430 g/mol. The largest absolute Gasteiger partial charge is 0.377 e. The van der Waals surface area contributed by atoms with Crippen LogP contribution in [0.2, 0.25) is 5.02 Å². The molecule has 0 aromatic heterocycles. The molecule has 160 valence electrons. The number of methoxy groups -OCH3 is 1. The predicted octanol–water partition coefficient (Wildman–Crippen LogP) is 4.04. The topological polar surface area (TPSA) is 61.9 Å². The first-order chi connectivity index (χ1) is 14.4. The molecule has 0 heterocycles. The molecule has 6 nitrogen and oxygen atoms in total. The first kappa shape index (κ1) is 22.1. The number of carbonyl (C=O) groups excluding carboxylic acids is 2. The summed E-state index contributed by atoms with van der Waals surface area (Å²) in [6, 6.07) is 12.9. The van der Waals surface area contributed by atoms with Crippen LogP contribution in [0.15, 0.2) is 42.5 Å². The number of anilines is 2. The highest BCUT2D eigenvalue weighted by atomic mass is 35.5. The molecule has 1 N–H and O–H groups in total. The van der Waals surface area contributed by atoms with Crippen LogP contribution in [0.5, 0.6) is 0 Å². The van der Waals surface area contributed by atoms with Crippen LogP contribution in [-0.2, 0) is 16.1 Å². The maximum atomic E-state index is 13.3. The summed E-state index contributed by atoms with van der Waals surface area (Å²) >= 11 is 6.30. The second-order valence-electron chi connectivity index (χ2n) is 7.83. The number of hydrogen-bond acceptors (Lipinski definition) is 4. The summed E-state index contributed by atoms with van der Waals surface area (Å²) in [5.74, 6) is 0.234. The Bertz CT molecular complexity index is 912. The Kier molecular flexibility index (Phi) is 7.34. The number of ether oxygens (including phenoxy) is 1. The number of halogens is 1. The van der Waals surface area contributed by atoms with Gasteiger partial charge in [0.1, 0.15) is 6.61 Å². The molecular formula is C23H28ClN3O3. The van der Waals surface area contributed by atoms with E-state index in [9.17, 15) is 9.59 Å².